The van der Waals surface area contributed by atoms with Gasteiger partial charge in [-0.15, -0.1) is 0 Å². The van der Waals surface area contributed by atoms with Crippen LogP contribution in [-0.4, -0.2) is 42.4 Å². The normalized spacial score (nSPS) is 16.1. The van der Waals surface area contributed by atoms with Gasteiger partial charge in [0.15, 0.2) is 5.11 Å². The van der Waals surface area contributed by atoms with Gasteiger partial charge in [-0.2, -0.15) is 5.10 Å². The van der Waals surface area contributed by atoms with Crippen LogP contribution in [0.1, 0.15) is 5.56 Å². The number of nitrogens with zero attached hydrogens (tertiary/aromatic N) is 2. The fraction of sp³-hybridized carbons (Fsp3) is 0.333. The monoisotopic (exact) mass is 248 g/mol. The summed E-state index contributed by atoms with van der Waals surface area (Å²) in [4.78, 5) is 2.12. The van der Waals surface area contributed by atoms with Gasteiger partial charge < -0.3 is 10.2 Å². The molecule has 5 heteroatoms. The standard InChI is InChI=1S/C12H16N4S/c17-12(16-8-6-13-7-9-16)15-14-10-11-4-2-1-3-5-11/h1-5,10,13H,6-9H2,(H,15,17)/b14-10-. The number of rotatable bonds is 2. The van der Waals surface area contributed by atoms with Crippen LogP contribution >= 0.6 is 12.2 Å². The van der Waals surface area contributed by atoms with Crippen molar-refractivity contribution < 1.29 is 0 Å². The van der Waals surface area contributed by atoms with Gasteiger partial charge in [-0.3, -0.25) is 5.43 Å². The highest BCUT2D eigenvalue weighted by molar-refractivity contribution is 7.80. The van der Waals surface area contributed by atoms with Crippen molar-refractivity contribution in [2.24, 2.45) is 5.10 Å². The van der Waals surface area contributed by atoms with Crippen LogP contribution in [-0.2, 0) is 0 Å². The Morgan fingerprint density at radius 3 is 2.71 bits per heavy atom. The summed E-state index contributed by atoms with van der Waals surface area (Å²) in [6.07, 6.45) is 1.77. The second-order valence-corrected chi connectivity index (χ2v) is 4.21. The minimum absolute atomic E-state index is 0.693. The van der Waals surface area contributed by atoms with Crippen LogP contribution in [0.25, 0.3) is 0 Å². The van der Waals surface area contributed by atoms with Crippen LogP contribution < -0.4 is 10.7 Å². The smallest absolute Gasteiger partial charge is 0.189 e. The Balaban J connectivity index is 1.81. The molecule has 0 amide bonds. The lowest BCUT2D eigenvalue weighted by Crippen LogP contribution is -2.49. The predicted molar refractivity (Wildman–Crippen MR) is 74.2 cm³/mol. The average Bonchev–Trinajstić information content (AvgIpc) is 2.41. The third-order valence-corrected chi connectivity index (χ3v) is 2.93. The minimum Gasteiger partial charge on any atom is -0.345 e. The maximum absolute atomic E-state index is 5.26. The molecule has 0 unspecified atom stereocenters. The van der Waals surface area contributed by atoms with Crippen LogP contribution in [0.3, 0.4) is 0 Å². The van der Waals surface area contributed by atoms with Crippen LogP contribution in [0.4, 0.5) is 0 Å². The summed E-state index contributed by atoms with van der Waals surface area (Å²) in [5.41, 5.74) is 3.96. The van der Waals surface area contributed by atoms with Crippen molar-refractivity contribution in [1.82, 2.24) is 15.6 Å². The van der Waals surface area contributed by atoms with E-state index in [0.717, 1.165) is 31.7 Å². The van der Waals surface area contributed by atoms with Crippen molar-refractivity contribution in [2.75, 3.05) is 26.2 Å². The highest BCUT2D eigenvalue weighted by atomic mass is 32.1. The Morgan fingerprint density at radius 2 is 2.00 bits per heavy atom. The van der Waals surface area contributed by atoms with Gasteiger partial charge in [-0.05, 0) is 17.8 Å². The third kappa shape index (κ3) is 3.80. The van der Waals surface area contributed by atoms with Crippen molar-refractivity contribution in [3.63, 3.8) is 0 Å². The van der Waals surface area contributed by atoms with Gasteiger partial charge in [0.2, 0.25) is 0 Å². The molecule has 90 valence electrons. The molecule has 1 aliphatic heterocycles. The van der Waals surface area contributed by atoms with E-state index in [4.69, 9.17) is 12.2 Å². The first kappa shape index (κ1) is 12.0. The van der Waals surface area contributed by atoms with E-state index in [9.17, 15) is 0 Å². The molecular weight excluding hydrogens is 232 g/mol. The van der Waals surface area contributed by atoms with Gasteiger partial charge in [0.25, 0.3) is 0 Å². The summed E-state index contributed by atoms with van der Waals surface area (Å²) in [5, 5.41) is 8.12. The molecule has 4 nitrogen and oxygen atoms in total. The molecule has 2 rings (SSSR count). The lowest BCUT2D eigenvalue weighted by Gasteiger charge is -2.28. The Labute approximate surface area is 107 Å². The molecule has 1 fully saturated rings. The molecule has 0 aliphatic carbocycles. The number of thiocarbonyl (C=S) groups is 1. The van der Waals surface area contributed by atoms with E-state index in [1.807, 2.05) is 30.3 Å². The highest BCUT2D eigenvalue weighted by Gasteiger charge is 2.11. The zero-order valence-corrected chi connectivity index (χ0v) is 10.4. The highest BCUT2D eigenvalue weighted by Crippen LogP contribution is 1.95. The Hall–Kier alpha value is -1.46. The van der Waals surface area contributed by atoms with E-state index in [-0.39, 0.29) is 0 Å². The van der Waals surface area contributed by atoms with Crippen molar-refractivity contribution in [3.8, 4) is 0 Å². The second-order valence-electron chi connectivity index (χ2n) is 3.82. The Kier molecular flexibility index (Phi) is 4.46. The average molecular weight is 248 g/mol. The molecule has 2 N–H and O–H groups in total. The number of hydrogen-bond acceptors (Lipinski definition) is 3. The van der Waals surface area contributed by atoms with E-state index in [0.29, 0.717) is 5.11 Å². The molecule has 1 aliphatic rings. The van der Waals surface area contributed by atoms with Gasteiger partial charge in [-0.1, -0.05) is 30.3 Å². The molecule has 0 bridgehead atoms. The first-order valence-corrected chi connectivity index (χ1v) is 6.11. The van der Waals surface area contributed by atoms with Crippen LogP contribution in [0.2, 0.25) is 0 Å². The number of hydrogen-bond donors (Lipinski definition) is 2. The molecule has 0 saturated carbocycles. The summed E-state index contributed by atoms with van der Waals surface area (Å²) >= 11 is 5.26. The van der Waals surface area contributed by atoms with E-state index in [1.54, 1.807) is 6.21 Å². The predicted octanol–water partition coefficient (Wildman–Crippen LogP) is 0.800. The zero-order valence-electron chi connectivity index (χ0n) is 9.60. The Bertz CT molecular complexity index is 385. The lowest BCUT2D eigenvalue weighted by atomic mass is 10.2. The maximum atomic E-state index is 5.26. The van der Waals surface area contributed by atoms with Crippen molar-refractivity contribution in [2.45, 2.75) is 0 Å². The number of hydrazone groups is 1. The number of nitrogens with one attached hydrogen (secondary N) is 2. The largest absolute Gasteiger partial charge is 0.345 e. The summed E-state index contributed by atoms with van der Waals surface area (Å²) in [5.74, 6) is 0. The van der Waals surface area contributed by atoms with E-state index >= 15 is 0 Å². The number of piperazine rings is 1. The topological polar surface area (TPSA) is 39.7 Å². The molecule has 17 heavy (non-hydrogen) atoms. The van der Waals surface area contributed by atoms with E-state index in [1.165, 1.54) is 0 Å². The summed E-state index contributed by atoms with van der Waals surface area (Å²) in [6, 6.07) is 9.94. The van der Waals surface area contributed by atoms with Gasteiger partial charge in [0, 0.05) is 26.2 Å². The molecule has 0 aromatic heterocycles. The SMILES string of the molecule is S=C(N/N=C\c1ccccc1)N1CCNCC1. The van der Waals surface area contributed by atoms with Crippen LogP contribution in [0.15, 0.2) is 35.4 Å². The Morgan fingerprint density at radius 1 is 1.29 bits per heavy atom. The molecule has 0 spiro atoms. The van der Waals surface area contributed by atoms with E-state index in [2.05, 4.69) is 20.7 Å². The van der Waals surface area contributed by atoms with Crippen LogP contribution in [0.5, 0.6) is 0 Å². The zero-order chi connectivity index (χ0) is 11.9. The maximum Gasteiger partial charge on any atom is 0.189 e. The molecule has 1 aromatic rings. The first-order chi connectivity index (χ1) is 8.36. The minimum atomic E-state index is 0.693. The molecule has 1 heterocycles. The van der Waals surface area contributed by atoms with E-state index < -0.39 is 0 Å². The second kappa shape index (κ2) is 6.32. The van der Waals surface area contributed by atoms with Crippen LogP contribution in [0, 0.1) is 0 Å². The lowest BCUT2D eigenvalue weighted by molar-refractivity contribution is 0.353. The quantitative estimate of drug-likeness (QED) is 0.461. The summed E-state index contributed by atoms with van der Waals surface area (Å²) in [7, 11) is 0. The van der Waals surface area contributed by atoms with Gasteiger partial charge in [0.05, 0.1) is 6.21 Å². The van der Waals surface area contributed by atoms with Gasteiger partial charge in [0.1, 0.15) is 0 Å². The fourth-order valence-electron chi connectivity index (χ4n) is 1.64. The van der Waals surface area contributed by atoms with Crippen molar-refractivity contribution in [3.05, 3.63) is 35.9 Å². The number of benzene rings is 1. The summed E-state index contributed by atoms with van der Waals surface area (Å²) < 4.78 is 0. The van der Waals surface area contributed by atoms with Gasteiger partial charge in [-0.25, -0.2) is 0 Å². The molecule has 1 aromatic carbocycles. The molecule has 0 atom stereocenters. The molecule has 0 radical (unpaired) electrons. The first-order valence-electron chi connectivity index (χ1n) is 5.70. The third-order valence-electron chi connectivity index (χ3n) is 2.58. The molecule has 1 saturated heterocycles. The van der Waals surface area contributed by atoms with Gasteiger partial charge >= 0.3 is 0 Å². The summed E-state index contributed by atoms with van der Waals surface area (Å²) in [6.45, 7) is 3.83. The molecular formula is C12H16N4S. The van der Waals surface area contributed by atoms with Crippen molar-refractivity contribution >= 4 is 23.5 Å². The fourth-order valence-corrected chi connectivity index (χ4v) is 1.88. The van der Waals surface area contributed by atoms with Crippen molar-refractivity contribution in [1.29, 1.82) is 0 Å².